The quantitative estimate of drug-likeness (QED) is 0.723. The number of primary amides is 1. The molecule has 0 spiro atoms. The molecule has 3 amide bonds. The van der Waals surface area contributed by atoms with Gasteiger partial charge in [0.2, 0.25) is 5.91 Å². The summed E-state index contributed by atoms with van der Waals surface area (Å²) in [6, 6.07) is 0.280. The van der Waals surface area contributed by atoms with Crippen LogP contribution in [-0.4, -0.2) is 72.5 Å². The van der Waals surface area contributed by atoms with Gasteiger partial charge in [-0.25, -0.2) is 18.0 Å². The number of fused-ring (bicyclic) bond motifs is 1. The summed E-state index contributed by atoms with van der Waals surface area (Å²) in [7, 11) is 0. The number of hydrogen-bond donors (Lipinski definition) is 2. The molecule has 0 radical (unpaired) electrons. The summed E-state index contributed by atoms with van der Waals surface area (Å²) in [4.78, 5) is 32.9. The van der Waals surface area contributed by atoms with Crippen LogP contribution in [0.4, 0.5) is 23.7 Å². The Hall–Kier alpha value is -2.82. The molecule has 1 aromatic carbocycles. The Morgan fingerprint density at radius 1 is 1.24 bits per heavy atom. The van der Waals surface area contributed by atoms with E-state index in [1.807, 2.05) is 11.8 Å². The van der Waals surface area contributed by atoms with Gasteiger partial charge in [-0.15, -0.1) is 0 Å². The standard InChI is InChI=1S/C18H20F3N5O3/c1-17(7-29-8-17)18(15(22)27)13-6-25(2-3-26(13)9-23-18)16(28)24-10-4-11(19)14(21)12(20)5-10/h4-5,9,13H,2-3,6-8H2,1H3,(H2,22,27)(H,24,28). The monoisotopic (exact) mass is 411 g/mol. The van der Waals surface area contributed by atoms with Crippen LogP contribution >= 0.6 is 0 Å². The van der Waals surface area contributed by atoms with Crippen molar-refractivity contribution < 1.29 is 27.5 Å². The number of anilines is 1. The predicted octanol–water partition coefficient (Wildman–Crippen LogP) is 0.925. The highest BCUT2D eigenvalue weighted by Gasteiger charge is 2.65. The first-order valence-corrected chi connectivity index (χ1v) is 9.07. The highest BCUT2D eigenvalue weighted by atomic mass is 19.2. The summed E-state index contributed by atoms with van der Waals surface area (Å²) in [6.07, 6.45) is 1.58. The minimum absolute atomic E-state index is 0.122. The van der Waals surface area contributed by atoms with Crippen LogP contribution in [0.1, 0.15) is 6.92 Å². The average Bonchev–Trinajstić information content (AvgIpc) is 3.04. The maximum atomic E-state index is 13.4. The summed E-state index contributed by atoms with van der Waals surface area (Å²) in [5, 5.41) is 2.36. The Bertz CT molecular complexity index is 884. The number of rotatable bonds is 3. The molecule has 2 unspecified atom stereocenters. The molecular weight excluding hydrogens is 391 g/mol. The summed E-state index contributed by atoms with van der Waals surface area (Å²) in [5.74, 6) is -5.01. The lowest BCUT2D eigenvalue weighted by Gasteiger charge is -2.53. The zero-order valence-corrected chi connectivity index (χ0v) is 15.6. The highest BCUT2D eigenvalue weighted by Crippen LogP contribution is 2.47. The van der Waals surface area contributed by atoms with Gasteiger partial charge >= 0.3 is 6.03 Å². The van der Waals surface area contributed by atoms with Crippen LogP contribution in [-0.2, 0) is 9.53 Å². The zero-order valence-electron chi connectivity index (χ0n) is 15.6. The second-order valence-electron chi connectivity index (χ2n) is 7.81. The molecule has 4 rings (SSSR count). The molecule has 2 atom stereocenters. The largest absolute Gasteiger partial charge is 0.380 e. The first-order valence-electron chi connectivity index (χ1n) is 9.07. The molecular formula is C18H20F3N5O3. The third kappa shape index (κ3) is 2.83. The molecule has 11 heteroatoms. The van der Waals surface area contributed by atoms with E-state index in [4.69, 9.17) is 10.5 Å². The van der Waals surface area contributed by atoms with Gasteiger partial charge in [-0.05, 0) is 0 Å². The second kappa shape index (κ2) is 6.61. The lowest BCUT2D eigenvalue weighted by molar-refractivity contribution is -0.168. The van der Waals surface area contributed by atoms with Gasteiger partial charge in [0, 0.05) is 37.5 Å². The van der Waals surface area contributed by atoms with Crippen LogP contribution in [0, 0.1) is 22.9 Å². The molecule has 156 valence electrons. The van der Waals surface area contributed by atoms with Crippen LogP contribution in [0.25, 0.3) is 0 Å². The van der Waals surface area contributed by atoms with E-state index in [1.165, 1.54) is 4.90 Å². The van der Waals surface area contributed by atoms with Crippen molar-refractivity contribution in [2.24, 2.45) is 16.1 Å². The van der Waals surface area contributed by atoms with Gasteiger partial charge < -0.3 is 25.6 Å². The Morgan fingerprint density at radius 3 is 2.45 bits per heavy atom. The van der Waals surface area contributed by atoms with E-state index in [0.717, 1.165) is 0 Å². The number of amides is 3. The van der Waals surface area contributed by atoms with Crippen molar-refractivity contribution >= 4 is 24.0 Å². The molecule has 3 heterocycles. The normalized spacial score (nSPS) is 27.4. The Kier molecular flexibility index (Phi) is 4.45. The molecule has 0 bridgehead atoms. The third-order valence-electron chi connectivity index (χ3n) is 5.97. The van der Waals surface area contributed by atoms with Crippen LogP contribution in [0.2, 0.25) is 0 Å². The van der Waals surface area contributed by atoms with E-state index in [2.05, 4.69) is 10.3 Å². The fourth-order valence-electron chi connectivity index (χ4n) is 4.28. The number of aliphatic imine (C=N–C) groups is 1. The van der Waals surface area contributed by atoms with Gasteiger partial charge in [-0.1, -0.05) is 6.92 Å². The number of benzene rings is 1. The maximum absolute atomic E-state index is 13.4. The van der Waals surface area contributed by atoms with Gasteiger partial charge in [0.1, 0.15) is 0 Å². The van der Waals surface area contributed by atoms with Gasteiger partial charge in [-0.3, -0.25) is 9.79 Å². The number of carbonyl (C=O) groups excluding carboxylic acids is 2. The number of nitrogens with two attached hydrogens (primary N) is 1. The van der Waals surface area contributed by atoms with Crippen molar-refractivity contribution in [1.29, 1.82) is 0 Å². The highest BCUT2D eigenvalue weighted by molar-refractivity contribution is 5.92. The molecule has 0 aromatic heterocycles. The number of urea groups is 1. The number of halogens is 3. The molecule has 3 aliphatic heterocycles. The van der Waals surface area contributed by atoms with E-state index in [-0.39, 0.29) is 12.2 Å². The number of hydrogen-bond acceptors (Lipinski definition) is 5. The average molecular weight is 411 g/mol. The van der Waals surface area contributed by atoms with E-state index in [1.54, 1.807) is 6.34 Å². The minimum Gasteiger partial charge on any atom is -0.380 e. The van der Waals surface area contributed by atoms with Crippen LogP contribution in [0.5, 0.6) is 0 Å². The van der Waals surface area contributed by atoms with E-state index in [0.29, 0.717) is 38.4 Å². The molecule has 3 N–H and O–H groups in total. The lowest BCUT2D eigenvalue weighted by atomic mass is 9.65. The third-order valence-corrected chi connectivity index (χ3v) is 5.97. The van der Waals surface area contributed by atoms with E-state index >= 15 is 0 Å². The Labute approximate surface area is 164 Å². The molecule has 2 saturated heterocycles. The molecule has 8 nitrogen and oxygen atoms in total. The fraction of sp³-hybridized carbons (Fsp3) is 0.500. The molecule has 1 aromatic rings. The first-order chi connectivity index (χ1) is 13.7. The van der Waals surface area contributed by atoms with Gasteiger partial charge in [-0.2, -0.15) is 0 Å². The van der Waals surface area contributed by atoms with Gasteiger partial charge in [0.15, 0.2) is 23.0 Å². The van der Waals surface area contributed by atoms with Crippen molar-refractivity contribution in [2.45, 2.75) is 18.5 Å². The van der Waals surface area contributed by atoms with E-state index < -0.39 is 46.4 Å². The van der Waals surface area contributed by atoms with Crippen molar-refractivity contribution in [2.75, 3.05) is 38.2 Å². The van der Waals surface area contributed by atoms with Crippen molar-refractivity contribution in [3.63, 3.8) is 0 Å². The Balaban J connectivity index is 1.55. The molecule has 29 heavy (non-hydrogen) atoms. The molecule has 2 fully saturated rings. The number of carbonyl (C=O) groups is 2. The van der Waals surface area contributed by atoms with Crippen molar-refractivity contribution in [3.8, 4) is 0 Å². The van der Waals surface area contributed by atoms with Crippen LogP contribution < -0.4 is 11.1 Å². The lowest BCUT2D eigenvalue weighted by Crippen LogP contribution is -2.72. The molecule has 0 aliphatic carbocycles. The van der Waals surface area contributed by atoms with Crippen LogP contribution in [0.3, 0.4) is 0 Å². The topological polar surface area (TPSA) is 100 Å². The summed E-state index contributed by atoms with van der Waals surface area (Å²) >= 11 is 0. The maximum Gasteiger partial charge on any atom is 0.321 e. The second-order valence-corrected chi connectivity index (χ2v) is 7.81. The number of piperazine rings is 1. The fourth-order valence-corrected chi connectivity index (χ4v) is 4.28. The zero-order chi connectivity index (χ0) is 21.0. The van der Waals surface area contributed by atoms with Crippen molar-refractivity contribution in [3.05, 3.63) is 29.6 Å². The smallest absolute Gasteiger partial charge is 0.321 e. The molecule has 3 aliphatic rings. The SMILES string of the molecule is CC1(C2(C(N)=O)N=CN3CCN(C(=O)Nc4cc(F)c(F)c(F)c4)CC32)COC1. The summed E-state index contributed by atoms with van der Waals surface area (Å²) in [5.41, 5.74) is 3.69. The van der Waals surface area contributed by atoms with E-state index in [9.17, 15) is 22.8 Å². The predicted molar refractivity (Wildman–Crippen MR) is 96.7 cm³/mol. The summed E-state index contributed by atoms with van der Waals surface area (Å²) in [6.45, 7) is 3.32. The number of nitrogens with zero attached hydrogens (tertiary/aromatic N) is 3. The van der Waals surface area contributed by atoms with Gasteiger partial charge in [0.05, 0.1) is 31.0 Å². The molecule has 0 saturated carbocycles. The Morgan fingerprint density at radius 2 is 1.90 bits per heavy atom. The van der Waals surface area contributed by atoms with Gasteiger partial charge in [0.25, 0.3) is 0 Å². The number of ether oxygens (including phenoxy) is 1. The summed E-state index contributed by atoms with van der Waals surface area (Å²) < 4.78 is 45.2. The van der Waals surface area contributed by atoms with Crippen molar-refractivity contribution in [1.82, 2.24) is 9.80 Å². The number of nitrogens with one attached hydrogen (secondary N) is 1. The van der Waals surface area contributed by atoms with Crippen LogP contribution in [0.15, 0.2) is 17.1 Å². The first kappa shape index (κ1) is 19.5. The minimum atomic E-state index is -1.61.